The Hall–Kier alpha value is -2.97. The molecule has 1 aliphatic rings. The van der Waals surface area contributed by atoms with Gasteiger partial charge in [-0.05, 0) is 49.1 Å². The van der Waals surface area contributed by atoms with Gasteiger partial charge in [0, 0.05) is 34.1 Å². The summed E-state index contributed by atoms with van der Waals surface area (Å²) in [4.78, 5) is 23.4. The highest BCUT2D eigenvalue weighted by Gasteiger charge is 2.41. The van der Waals surface area contributed by atoms with Gasteiger partial charge in [0.2, 0.25) is 0 Å². The van der Waals surface area contributed by atoms with Crippen LogP contribution in [0.4, 0.5) is 0 Å². The third kappa shape index (κ3) is 4.19. The molecular formula is C27H33N3O4S. The number of nitrogens with zero attached hydrogens (tertiary/aromatic N) is 2. The van der Waals surface area contributed by atoms with Crippen LogP contribution in [0.1, 0.15) is 60.4 Å². The Morgan fingerprint density at radius 1 is 1.14 bits per heavy atom. The minimum absolute atomic E-state index is 0.0418. The first kappa shape index (κ1) is 25.1. The fourth-order valence-electron chi connectivity index (χ4n) is 5.01. The first-order chi connectivity index (χ1) is 16.6. The van der Waals surface area contributed by atoms with Crippen LogP contribution in [0.2, 0.25) is 0 Å². The normalized spacial score (nSPS) is 14.7. The number of hydrogen-bond acceptors (Lipinski definition) is 6. The van der Waals surface area contributed by atoms with Crippen molar-refractivity contribution in [2.45, 2.75) is 44.6 Å². The van der Waals surface area contributed by atoms with Crippen molar-refractivity contribution in [3.8, 4) is 5.75 Å². The topological polar surface area (TPSA) is 91.8 Å². The summed E-state index contributed by atoms with van der Waals surface area (Å²) in [6.45, 7) is 14.1. The number of nitrogens with one attached hydrogen (secondary N) is 1. The molecule has 1 heterocycles. The average molecular weight is 496 g/mol. The molecule has 8 heteroatoms. The quantitative estimate of drug-likeness (QED) is 0.445. The van der Waals surface area contributed by atoms with E-state index in [-0.39, 0.29) is 22.2 Å². The molecule has 0 radical (unpaired) electrons. The summed E-state index contributed by atoms with van der Waals surface area (Å²) >= 11 is 0. The van der Waals surface area contributed by atoms with E-state index in [4.69, 9.17) is 4.74 Å². The molecule has 1 aliphatic carbocycles. The highest BCUT2D eigenvalue weighted by molar-refractivity contribution is 7.91. The van der Waals surface area contributed by atoms with Crippen LogP contribution in [0, 0.1) is 0 Å². The largest absolute Gasteiger partial charge is 0.495 e. The van der Waals surface area contributed by atoms with Gasteiger partial charge in [0.1, 0.15) is 10.6 Å². The second kappa shape index (κ2) is 9.24. The number of carbonyl (C=O) groups is 1. The van der Waals surface area contributed by atoms with Crippen LogP contribution >= 0.6 is 0 Å². The van der Waals surface area contributed by atoms with Gasteiger partial charge in [-0.3, -0.25) is 9.79 Å². The number of methoxy groups -OCH3 is 1. The number of hydrogen-bond donors (Lipinski definition) is 1. The summed E-state index contributed by atoms with van der Waals surface area (Å²) in [6.07, 6.45) is 0. The smallest absolute Gasteiger partial charge is 0.195 e. The number of benzene rings is 2. The standard InChI is InChI=1S/C27H33N3O4S/c1-7-30(8-2)11-12-35(32,33)23-14-19-20(15-22(23)34-6)27(3,4)26-24(25(19)31)18-10-9-17(16-28-5)13-21(18)29-26/h9-10,13-15,29H,5,7-8,11-12,16H2,1-4,6H3. The third-order valence-corrected chi connectivity index (χ3v) is 8.85. The molecule has 1 aromatic heterocycles. The molecule has 186 valence electrons. The first-order valence-electron chi connectivity index (χ1n) is 11.9. The van der Waals surface area contributed by atoms with E-state index in [1.807, 2.05) is 45.9 Å². The van der Waals surface area contributed by atoms with Gasteiger partial charge in [-0.1, -0.05) is 39.8 Å². The van der Waals surface area contributed by atoms with Gasteiger partial charge in [0.05, 0.1) is 25.0 Å². The molecule has 35 heavy (non-hydrogen) atoms. The number of carbonyl (C=O) groups excluding carboxylic acids is 1. The number of fused-ring (bicyclic) bond motifs is 4. The molecule has 2 aromatic carbocycles. The summed E-state index contributed by atoms with van der Waals surface area (Å²) in [7, 11) is -2.21. The zero-order valence-corrected chi connectivity index (χ0v) is 21.9. The van der Waals surface area contributed by atoms with Crippen molar-refractivity contribution < 1.29 is 17.9 Å². The molecule has 1 N–H and O–H groups in total. The lowest BCUT2D eigenvalue weighted by Crippen LogP contribution is -2.31. The van der Waals surface area contributed by atoms with Crippen LogP contribution in [0.3, 0.4) is 0 Å². The van der Waals surface area contributed by atoms with Crippen molar-refractivity contribution in [2.75, 3.05) is 32.5 Å². The fraction of sp³-hybridized carbons (Fsp3) is 0.407. The van der Waals surface area contributed by atoms with E-state index < -0.39 is 15.3 Å². The lowest BCUT2D eigenvalue weighted by atomic mass is 9.71. The molecule has 7 nitrogen and oxygen atoms in total. The summed E-state index contributed by atoms with van der Waals surface area (Å²) in [5.74, 6) is 0.0425. The van der Waals surface area contributed by atoms with Crippen LogP contribution in [0.5, 0.6) is 5.75 Å². The molecule has 0 saturated heterocycles. The lowest BCUT2D eigenvalue weighted by Gasteiger charge is -2.33. The van der Waals surface area contributed by atoms with Crippen molar-refractivity contribution in [2.24, 2.45) is 4.99 Å². The van der Waals surface area contributed by atoms with E-state index in [1.165, 1.54) is 13.2 Å². The van der Waals surface area contributed by atoms with Crippen molar-refractivity contribution >= 4 is 33.2 Å². The maximum absolute atomic E-state index is 13.8. The number of sulfone groups is 1. The Kier molecular flexibility index (Phi) is 6.64. The van der Waals surface area contributed by atoms with Crippen LogP contribution in [-0.2, 0) is 21.8 Å². The second-order valence-corrected chi connectivity index (χ2v) is 11.6. The molecule has 0 bridgehead atoms. The zero-order chi connectivity index (χ0) is 25.5. The molecule has 0 amide bonds. The van der Waals surface area contributed by atoms with E-state index in [0.29, 0.717) is 24.2 Å². The van der Waals surface area contributed by atoms with E-state index in [2.05, 4.69) is 21.6 Å². The van der Waals surface area contributed by atoms with Crippen molar-refractivity contribution in [1.29, 1.82) is 0 Å². The van der Waals surface area contributed by atoms with E-state index in [9.17, 15) is 13.2 Å². The number of H-pyrrole nitrogens is 1. The Bertz CT molecular complexity index is 1420. The van der Waals surface area contributed by atoms with E-state index >= 15 is 0 Å². The number of aromatic amines is 1. The zero-order valence-electron chi connectivity index (χ0n) is 21.1. The van der Waals surface area contributed by atoms with Gasteiger partial charge in [0.25, 0.3) is 0 Å². The van der Waals surface area contributed by atoms with Crippen LogP contribution in [0.15, 0.2) is 40.2 Å². The summed E-state index contributed by atoms with van der Waals surface area (Å²) in [5, 5.41) is 0.818. The fourth-order valence-corrected chi connectivity index (χ4v) is 6.48. The second-order valence-electron chi connectivity index (χ2n) is 9.49. The van der Waals surface area contributed by atoms with Crippen LogP contribution in [-0.4, -0.2) is 63.3 Å². The minimum atomic E-state index is -3.67. The Labute approximate surface area is 207 Å². The van der Waals surface area contributed by atoms with Gasteiger partial charge in [-0.15, -0.1) is 0 Å². The van der Waals surface area contributed by atoms with Gasteiger partial charge >= 0.3 is 0 Å². The van der Waals surface area contributed by atoms with Gasteiger partial charge in [-0.25, -0.2) is 8.42 Å². The van der Waals surface area contributed by atoms with Crippen molar-refractivity contribution in [1.82, 2.24) is 9.88 Å². The number of aromatic nitrogens is 1. The van der Waals surface area contributed by atoms with E-state index in [1.54, 1.807) is 6.07 Å². The predicted octanol–water partition coefficient (Wildman–Crippen LogP) is 4.36. The molecule has 0 aliphatic heterocycles. The third-order valence-electron chi connectivity index (χ3n) is 7.14. The minimum Gasteiger partial charge on any atom is -0.495 e. The number of aliphatic imine (C=N–C) groups is 1. The number of rotatable bonds is 9. The summed E-state index contributed by atoms with van der Waals surface area (Å²) in [6, 6.07) is 9.10. The Morgan fingerprint density at radius 2 is 1.86 bits per heavy atom. The molecule has 3 aromatic rings. The van der Waals surface area contributed by atoms with Crippen molar-refractivity contribution in [3.05, 3.63) is 58.3 Å². The maximum atomic E-state index is 13.8. The first-order valence-corrected chi connectivity index (χ1v) is 13.5. The van der Waals surface area contributed by atoms with Gasteiger partial charge < -0.3 is 14.6 Å². The van der Waals surface area contributed by atoms with Gasteiger partial charge in [-0.2, -0.15) is 0 Å². The number of ether oxygens (including phenoxy) is 1. The van der Waals surface area contributed by atoms with Crippen LogP contribution < -0.4 is 4.74 Å². The highest BCUT2D eigenvalue weighted by Crippen LogP contribution is 2.46. The Morgan fingerprint density at radius 3 is 2.49 bits per heavy atom. The monoisotopic (exact) mass is 495 g/mol. The predicted molar refractivity (Wildman–Crippen MR) is 140 cm³/mol. The molecule has 4 rings (SSSR count). The van der Waals surface area contributed by atoms with E-state index in [0.717, 1.165) is 40.8 Å². The molecule has 0 unspecified atom stereocenters. The molecule has 0 atom stereocenters. The average Bonchev–Trinajstić information content (AvgIpc) is 3.23. The highest BCUT2D eigenvalue weighted by atomic mass is 32.2. The molecule has 0 saturated carbocycles. The summed E-state index contributed by atoms with van der Waals surface area (Å²) < 4.78 is 32.3. The molecule has 0 spiro atoms. The lowest BCUT2D eigenvalue weighted by molar-refractivity contribution is 0.103. The number of ketones is 1. The Balaban J connectivity index is 1.87. The molecule has 0 fully saturated rings. The SMILES string of the molecule is C=NCc1ccc2c3c([nH]c2c1)C(C)(C)c1cc(OC)c(S(=O)(=O)CCN(CC)CC)cc1C3=O. The maximum Gasteiger partial charge on any atom is 0.195 e. The molecular weight excluding hydrogens is 462 g/mol. The van der Waals surface area contributed by atoms with Crippen molar-refractivity contribution in [3.63, 3.8) is 0 Å². The van der Waals surface area contributed by atoms with Crippen LogP contribution in [0.25, 0.3) is 10.9 Å². The summed E-state index contributed by atoms with van der Waals surface area (Å²) in [5.41, 5.74) is 3.84. The van der Waals surface area contributed by atoms with Gasteiger partial charge in [0.15, 0.2) is 15.6 Å².